The van der Waals surface area contributed by atoms with Crippen molar-refractivity contribution in [3.63, 3.8) is 0 Å². The van der Waals surface area contributed by atoms with E-state index in [1.165, 1.54) is 0 Å². The highest BCUT2D eigenvalue weighted by Crippen LogP contribution is 2.65. The largest absolute Gasteiger partial charge is 0.458 e. The van der Waals surface area contributed by atoms with E-state index in [1.807, 2.05) is 0 Å². The molecule has 9 heteroatoms. The molecule has 0 aromatic carbocycles. The Morgan fingerprint density at radius 3 is 2.42 bits per heavy atom. The van der Waals surface area contributed by atoms with Gasteiger partial charge >= 0.3 is 5.97 Å². The van der Waals surface area contributed by atoms with Crippen LogP contribution < -0.4 is 0 Å². The Kier molecular flexibility index (Phi) is 7.79. The zero-order valence-corrected chi connectivity index (χ0v) is 22.9. The fraction of sp³-hybridized carbons (Fsp3) is 0.897. The van der Waals surface area contributed by atoms with Crippen LogP contribution in [-0.4, -0.2) is 88.1 Å². The number of aliphatic hydroxyl groups excluding tert-OH is 5. The number of ether oxygens (including phenoxy) is 3. The molecule has 216 valence electrons. The summed E-state index contributed by atoms with van der Waals surface area (Å²) < 4.78 is 16.8. The lowest BCUT2D eigenvalue weighted by Crippen LogP contribution is -2.61. The van der Waals surface area contributed by atoms with E-state index in [9.17, 15) is 30.3 Å². The summed E-state index contributed by atoms with van der Waals surface area (Å²) >= 11 is 0. The van der Waals surface area contributed by atoms with E-state index in [1.54, 1.807) is 6.08 Å². The molecule has 3 saturated carbocycles. The molecule has 5 N–H and O–H groups in total. The van der Waals surface area contributed by atoms with Gasteiger partial charge in [-0.05, 0) is 84.5 Å². The summed E-state index contributed by atoms with van der Waals surface area (Å²) in [4.78, 5) is 11.6. The number of rotatable bonds is 6. The normalized spacial score (nSPS) is 51.1. The molecule has 0 spiro atoms. The summed E-state index contributed by atoms with van der Waals surface area (Å²) in [6.45, 7) is 6.99. The van der Waals surface area contributed by atoms with E-state index >= 15 is 0 Å². The molecule has 5 aliphatic rings. The van der Waals surface area contributed by atoms with Gasteiger partial charge in [0, 0.05) is 6.08 Å². The predicted molar refractivity (Wildman–Crippen MR) is 136 cm³/mol. The molecule has 0 radical (unpaired) electrons. The number of carbonyl (C=O) groups is 1. The maximum atomic E-state index is 11.7. The molecule has 2 heterocycles. The third kappa shape index (κ3) is 4.76. The second-order valence-electron chi connectivity index (χ2n) is 13.6. The average Bonchev–Trinajstić information content (AvgIpc) is 3.28. The molecule has 38 heavy (non-hydrogen) atoms. The molecule has 1 unspecified atom stereocenters. The van der Waals surface area contributed by atoms with Crippen LogP contribution >= 0.6 is 0 Å². The lowest BCUT2D eigenvalue weighted by atomic mass is 9.42. The van der Waals surface area contributed by atoms with Gasteiger partial charge in [-0.15, -0.1) is 0 Å². The van der Waals surface area contributed by atoms with Crippen molar-refractivity contribution in [1.29, 1.82) is 0 Å². The van der Waals surface area contributed by atoms with E-state index in [0.29, 0.717) is 31.5 Å². The van der Waals surface area contributed by atoms with Crippen LogP contribution in [0.15, 0.2) is 11.6 Å². The van der Waals surface area contributed by atoms with Crippen molar-refractivity contribution in [2.24, 2.45) is 34.0 Å². The number of esters is 1. The quantitative estimate of drug-likeness (QED) is 0.319. The van der Waals surface area contributed by atoms with Gasteiger partial charge in [0.15, 0.2) is 6.29 Å². The van der Waals surface area contributed by atoms with Crippen LogP contribution in [-0.2, 0) is 19.0 Å². The molecule has 0 aromatic rings. The number of fused-ring (bicyclic) bond motifs is 3. The van der Waals surface area contributed by atoms with Gasteiger partial charge < -0.3 is 39.7 Å². The summed E-state index contributed by atoms with van der Waals surface area (Å²) in [5.41, 5.74) is 0.580. The number of carbonyl (C=O) groups excluding carboxylic acids is 1. The van der Waals surface area contributed by atoms with E-state index < -0.39 is 43.4 Å². The first-order valence-electron chi connectivity index (χ1n) is 14.4. The first kappa shape index (κ1) is 28.5. The standard InChI is InChI=1S/C29H46O9/c1-27(12-16-11-21(31)36-14-16)10-7-18-17(25(27)35)5-6-20-28(2,8-4-9-29(18,20)3)15-37-26-24(34)23(33)22(32)19(13-30)38-26/h11,17-20,22-26,30,32-35H,4-10,12-15H2,1-3H3/t17?,18-,19+,20-,22+,23-,24+,25-,26+,27+,28-,29+/m0/s1. The Hall–Kier alpha value is -1.07. The Morgan fingerprint density at radius 2 is 1.74 bits per heavy atom. The van der Waals surface area contributed by atoms with Gasteiger partial charge in [-0.25, -0.2) is 4.79 Å². The van der Waals surface area contributed by atoms with Crippen molar-refractivity contribution >= 4 is 5.97 Å². The molecule has 1 saturated heterocycles. The second kappa shape index (κ2) is 10.4. The minimum atomic E-state index is -1.45. The molecule has 0 bridgehead atoms. The first-order chi connectivity index (χ1) is 17.9. The lowest BCUT2D eigenvalue weighted by molar-refractivity contribution is -0.310. The van der Waals surface area contributed by atoms with Gasteiger partial charge in [0.05, 0.1) is 19.3 Å². The fourth-order valence-corrected chi connectivity index (χ4v) is 9.14. The van der Waals surface area contributed by atoms with E-state index in [-0.39, 0.29) is 28.1 Å². The van der Waals surface area contributed by atoms with Crippen LogP contribution in [0, 0.1) is 34.0 Å². The Balaban J connectivity index is 1.29. The summed E-state index contributed by atoms with van der Waals surface area (Å²) in [6.07, 6.45) is 2.46. The first-order valence-corrected chi connectivity index (χ1v) is 14.4. The fourth-order valence-electron chi connectivity index (χ4n) is 9.14. The molecular formula is C29H46O9. The Bertz CT molecular complexity index is 922. The van der Waals surface area contributed by atoms with Crippen molar-refractivity contribution in [3.8, 4) is 0 Å². The second-order valence-corrected chi connectivity index (χ2v) is 13.6. The van der Waals surface area contributed by atoms with Crippen LogP contribution in [0.5, 0.6) is 0 Å². The summed E-state index contributed by atoms with van der Waals surface area (Å²) in [6, 6.07) is 0. The molecule has 2 aliphatic heterocycles. The zero-order valence-electron chi connectivity index (χ0n) is 22.9. The monoisotopic (exact) mass is 538 g/mol. The van der Waals surface area contributed by atoms with Gasteiger partial charge in [-0.1, -0.05) is 27.2 Å². The molecule has 0 amide bonds. The minimum absolute atomic E-state index is 0.0443. The Labute approximate surface area is 225 Å². The Morgan fingerprint density at radius 1 is 0.974 bits per heavy atom. The highest BCUT2D eigenvalue weighted by atomic mass is 16.7. The van der Waals surface area contributed by atoms with Crippen molar-refractivity contribution in [3.05, 3.63) is 11.6 Å². The van der Waals surface area contributed by atoms with Crippen LogP contribution in [0.3, 0.4) is 0 Å². The van der Waals surface area contributed by atoms with Gasteiger partial charge in [-0.3, -0.25) is 0 Å². The molecule has 9 nitrogen and oxygen atoms in total. The molecule has 12 atom stereocenters. The van der Waals surface area contributed by atoms with Crippen molar-refractivity contribution in [2.75, 3.05) is 19.8 Å². The highest BCUT2D eigenvalue weighted by Gasteiger charge is 2.60. The smallest absolute Gasteiger partial charge is 0.331 e. The van der Waals surface area contributed by atoms with Crippen LogP contribution in [0.4, 0.5) is 0 Å². The van der Waals surface area contributed by atoms with Crippen LogP contribution in [0.25, 0.3) is 0 Å². The van der Waals surface area contributed by atoms with Gasteiger partial charge in [0.1, 0.15) is 31.0 Å². The minimum Gasteiger partial charge on any atom is -0.458 e. The van der Waals surface area contributed by atoms with Gasteiger partial charge in [0.25, 0.3) is 0 Å². The third-order valence-electron chi connectivity index (χ3n) is 11.2. The lowest BCUT2D eigenvalue weighted by Gasteiger charge is -2.63. The highest BCUT2D eigenvalue weighted by molar-refractivity contribution is 5.85. The number of hydrogen-bond acceptors (Lipinski definition) is 9. The third-order valence-corrected chi connectivity index (χ3v) is 11.2. The molecule has 4 fully saturated rings. The maximum absolute atomic E-state index is 11.7. The summed E-state index contributed by atoms with van der Waals surface area (Å²) in [5.74, 6) is 0.691. The number of aliphatic hydroxyl groups is 5. The summed E-state index contributed by atoms with van der Waals surface area (Å²) in [5, 5.41) is 52.0. The van der Waals surface area contributed by atoms with E-state index in [4.69, 9.17) is 14.2 Å². The maximum Gasteiger partial charge on any atom is 0.331 e. The molecular weight excluding hydrogens is 492 g/mol. The van der Waals surface area contributed by atoms with Gasteiger partial charge in [0.2, 0.25) is 0 Å². The molecule has 3 aliphatic carbocycles. The van der Waals surface area contributed by atoms with Crippen LogP contribution in [0.2, 0.25) is 0 Å². The summed E-state index contributed by atoms with van der Waals surface area (Å²) in [7, 11) is 0. The molecule has 0 aromatic heterocycles. The number of hydrogen-bond donors (Lipinski definition) is 5. The number of cyclic esters (lactones) is 1. The SMILES string of the molecule is C[C@]1(CC2=CC(=O)OC2)CC[C@H]2C(CC[C@H]3[C@](C)(CO[C@@H]4O[C@H](CO)[C@@H](O)[C@H](O)[C@H]4O)CCC[C@]23C)[C@@H]1O. The van der Waals surface area contributed by atoms with Crippen molar-refractivity contribution in [1.82, 2.24) is 0 Å². The van der Waals surface area contributed by atoms with Crippen molar-refractivity contribution < 1.29 is 44.5 Å². The van der Waals surface area contributed by atoms with Gasteiger partial charge in [-0.2, -0.15) is 0 Å². The topological polar surface area (TPSA) is 146 Å². The predicted octanol–water partition coefficient (Wildman–Crippen LogP) is 1.68. The van der Waals surface area contributed by atoms with E-state index in [0.717, 1.165) is 50.5 Å². The average molecular weight is 539 g/mol. The van der Waals surface area contributed by atoms with Crippen LogP contribution in [0.1, 0.15) is 72.1 Å². The van der Waals surface area contributed by atoms with E-state index in [2.05, 4.69) is 20.8 Å². The zero-order chi connectivity index (χ0) is 27.5. The molecule has 5 rings (SSSR count). The van der Waals surface area contributed by atoms with Crippen molar-refractivity contribution in [2.45, 2.75) is 109 Å².